The van der Waals surface area contributed by atoms with Crippen molar-refractivity contribution in [3.05, 3.63) is 36.0 Å². The quantitative estimate of drug-likeness (QED) is 0.0535. The van der Waals surface area contributed by atoms with E-state index in [2.05, 4.69) is 27.3 Å². The number of rotatable bonds is 27. The first-order valence-electron chi connectivity index (χ1n) is 19.2. The van der Waals surface area contributed by atoms with Gasteiger partial charge in [0, 0.05) is 6.61 Å². The van der Waals surface area contributed by atoms with Crippen LogP contribution in [0, 0.1) is 11.3 Å². The van der Waals surface area contributed by atoms with Crippen LogP contribution in [0.25, 0.3) is 5.52 Å². The first-order valence-corrected chi connectivity index (χ1v) is 20.7. The lowest BCUT2D eigenvalue weighted by atomic mass is 9.93. The van der Waals surface area contributed by atoms with E-state index in [0.29, 0.717) is 17.8 Å². The van der Waals surface area contributed by atoms with Gasteiger partial charge in [-0.2, -0.15) is 10.4 Å². The number of phosphoric acid groups is 1. The number of nitrogens with zero attached hydrogens (tertiary/aromatic N) is 7. The maximum Gasteiger partial charge on any atom is 0.472 e. The smallest absolute Gasteiger partial charge is 0.387 e. The summed E-state index contributed by atoms with van der Waals surface area (Å²) in [5, 5.41) is 42.9. The van der Waals surface area contributed by atoms with E-state index in [9.17, 15) is 24.9 Å². The number of unbranched alkanes of at least 4 members (excludes halogenated alkanes) is 15. The monoisotopic (exact) mass is 762 g/mol. The number of nitrogens with two attached hydrogens (primary N) is 1. The molecule has 1 unspecified atom stereocenters. The van der Waals surface area contributed by atoms with Crippen LogP contribution < -0.4 is 5.73 Å². The van der Waals surface area contributed by atoms with Crippen molar-refractivity contribution in [2.45, 2.75) is 147 Å². The molecular formula is C36H59N8O8P. The summed E-state index contributed by atoms with van der Waals surface area (Å²) in [4.78, 5) is 14.5. The Morgan fingerprint density at radius 3 is 2.21 bits per heavy atom. The van der Waals surface area contributed by atoms with Crippen LogP contribution in [0.4, 0.5) is 5.82 Å². The summed E-state index contributed by atoms with van der Waals surface area (Å²) >= 11 is 0. The van der Waals surface area contributed by atoms with Gasteiger partial charge in [0.2, 0.25) is 0 Å². The van der Waals surface area contributed by atoms with Crippen LogP contribution in [-0.2, 0) is 28.7 Å². The van der Waals surface area contributed by atoms with E-state index >= 15 is 0 Å². The Balaban J connectivity index is 1.14. The molecule has 0 bridgehead atoms. The van der Waals surface area contributed by atoms with Gasteiger partial charge in [0.05, 0.1) is 31.7 Å². The molecule has 0 spiro atoms. The molecule has 3 aromatic heterocycles. The first-order chi connectivity index (χ1) is 25.6. The normalized spacial score (nSPS) is 21.9. The Morgan fingerprint density at radius 1 is 0.981 bits per heavy atom. The predicted molar refractivity (Wildman–Crippen MR) is 198 cm³/mol. The van der Waals surface area contributed by atoms with Crippen LogP contribution in [0.5, 0.6) is 0 Å². The van der Waals surface area contributed by atoms with Crippen molar-refractivity contribution in [2.24, 2.45) is 0 Å². The number of anilines is 1. The molecule has 53 heavy (non-hydrogen) atoms. The lowest BCUT2D eigenvalue weighted by Gasteiger charge is -2.27. The molecule has 5 N–H and O–H groups in total. The second-order valence-corrected chi connectivity index (χ2v) is 15.6. The third-order valence-electron chi connectivity index (χ3n) is 9.94. The Kier molecular flexibility index (Phi) is 17.6. The van der Waals surface area contributed by atoms with Crippen LogP contribution in [0.15, 0.2) is 24.7 Å². The fourth-order valence-corrected chi connectivity index (χ4v) is 7.49. The maximum atomic E-state index is 12.9. The minimum Gasteiger partial charge on any atom is -0.387 e. The summed E-state index contributed by atoms with van der Waals surface area (Å²) < 4.78 is 38.1. The third-order valence-corrected chi connectivity index (χ3v) is 10.9. The fourth-order valence-electron chi connectivity index (χ4n) is 6.72. The molecule has 4 heterocycles. The van der Waals surface area contributed by atoms with E-state index in [1.165, 1.54) is 105 Å². The summed E-state index contributed by atoms with van der Waals surface area (Å²) in [5.74, 6) is 0.222. The SMILES string of the molecule is CCCCCCCCCCCCCCCCCCOC[C@H](COP(=O)(O)OC[C@H]1O[C@@](C)(c2ccc3c(N)ncnn23)[C@H](O)[C@@H]1O)n1cc(C#N)nn1. The molecule has 0 aliphatic carbocycles. The Bertz CT molecular complexity index is 1600. The van der Waals surface area contributed by atoms with Crippen molar-refractivity contribution >= 4 is 19.2 Å². The van der Waals surface area contributed by atoms with E-state index in [1.807, 2.05) is 6.07 Å². The van der Waals surface area contributed by atoms with Crippen molar-refractivity contribution in [3.63, 3.8) is 0 Å². The van der Waals surface area contributed by atoms with E-state index in [1.54, 1.807) is 19.1 Å². The minimum atomic E-state index is -4.69. The van der Waals surface area contributed by atoms with Crippen LogP contribution in [0.2, 0.25) is 0 Å². The molecule has 16 nitrogen and oxygen atoms in total. The number of fused-ring (bicyclic) bond motifs is 1. The summed E-state index contributed by atoms with van der Waals surface area (Å²) in [5.41, 5.74) is 5.44. The van der Waals surface area contributed by atoms with Gasteiger partial charge in [-0.3, -0.25) is 9.05 Å². The van der Waals surface area contributed by atoms with Gasteiger partial charge < -0.3 is 30.3 Å². The number of ether oxygens (including phenoxy) is 2. The average molecular weight is 763 g/mol. The standard InChI is InChI=1S/C36H59N8O8P/c1-3-4-5-6-7-8-9-10-11-12-13-14-15-16-17-18-21-49-24-29(43-23-28(22-37)41-42-43)25-50-53(47,48)51-26-31-33(45)34(46)36(2,52-31)32-20-19-30-35(38)39-27-40-44(30)32/h19-20,23,27,29,31,33-34,45-46H,3-18,21,24-26H2,1-2H3,(H,47,48)(H2,38,39,40)/t29-,31-,33-,34-,36+/m1/s1. The van der Waals surface area contributed by atoms with E-state index in [-0.39, 0.29) is 24.7 Å². The molecule has 1 saturated heterocycles. The van der Waals surface area contributed by atoms with E-state index in [4.69, 9.17) is 24.3 Å². The number of nitriles is 1. The van der Waals surface area contributed by atoms with Crippen LogP contribution in [-0.4, -0.2) is 89.4 Å². The third kappa shape index (κ3) is 12.8. The maximum absolute atomic E-state index is 12.9. The van der Waals surface area contributed by atoms with Crippen molar-refractivity contribution in [1.29, 1.82) is 5.26 Å². The summed E-state index contributed by atoms with van der Waals surface area (Å²) in [7, 11) is -4.69. The highest BCUT2D eigenvalue weighted by Crippen LogP contribution is 2.46. The molecule has 1 fully saturated rings. The van der Waals surface area contributed by atoms with Gasteiger partial charge in [0.1, 0.15) is 47.9 Å². The molecular weight excluding hydrogens is 703 g/mol. The topological polar surface area (TPSA) is 225 Å². The lowest BCUT2D eigenvalue weighted by molar-refractivity contribution is -0.0890. The molecule has 4 rings (SSSR count). The summed E-state index contributed by atoms with van der Waals surface area (Å²) in [6.45, 7) is 3.51. The number of aliphatic hydroxyl groups excluding tert-OH is 2. The summed E-state index contributed by atoms with van der Waals surface area (Å²) in [6, 6.07) is 4.54. The second-order valence-electron chi connectivity index (χ2n) is 14.1. The molecule has 0 aromatic carbocycles. The number of aromatic nitrogens is 6. The van der Waals surface area contributed by atoms with Crippen molar-refractivity contribution < 1.29 is 38.2 Å². The highest BCUT2D eigenvalue weighted by molar-refractivity contribution is 7.47. The molecule has 296 valence electrons. The van der Waals surface area contributed by atoms with E-state index < -0.39 is 44.4 Å². The molecule has 1 aliphatic heterocycles. The van der Waals surface area contributed by atoms with Crippen molar-refractivity contribution in [3.8, 4) is 6.07 Å². The van der Waals surface area contributed by atoms with Crippen LogP contribution >= 0.6 is 7.82 Å². The van der Waals surface area contributed by atoms with Gasteiger partial charge in [-0.15, -0.1) is 5.10 Å². The number of hydrogen-bond acceptors (Lipinski definition) is 13. The first kappa shape index (κ1) is 42.7. The van der Waals surface area contributed by atoms with Gasteiger partial charge in [-0.25, -0.2) is 18.7 Å². The molecule has 0 saturated carbocycles. The molecule has 0 radical (unpaired) electrons. The van der Waals surface area contributed by atoms with Crippen molar-refractivity contribution in [2.75, 3.05) is 32.2 Å². The zero-order chi connectivity index (χ0) is 38.1. The second kappa shape index (κ2) is 21.8. The lowest BCUT2D eigenvalue weighted by Crippen LogP contribution is -2.39. The molecule has 1 aliphatic rings. The van der Waals surface area contributed by atoms with Gasteiger partial charge >= 0.3 is 7.82 Å². The zero-order valence-electron chi connectivity index (χ0n) is 31.3. The Hall–Kier alpha value is -3.00. The van der Waals surface area contributed by atoms with E-state index in [0.717, 1.165) is 19.3 Å². The number of nitrogen functional groups attached to an aromatic ring is 1. The number of hydrogen-bond donors (Lipinski definition) is 4. The molecule has 0 amide bonds. The molecule has 17 heteroatoms. The number of phosphoric ester groups is 1. The minimum absolute atomic E-state index is 0.0788. The van der Waals surface area contributed by atoms with Gasteiger partial charge in [0.25, 0.3) is 0 Å². The average Bonchev–Trinajstić information content (AvgIpc) is 3.87. The van der Waals surface area contributed by atoms with Gasteiger partial charge in [0.15, 0.2) is 11.5 Å². The Morgan fingerprint density at radius 2 is 1.60 bits per heavy atom. The number of aliphatic hydroxyl groups is 2. The van der Waals surface area contributed by atoms with Gasteiger partial charge in [-0.1, -0.05) is 108 Å². The largest absolute Gasteiger partial charge is 0.472 e. The zero-order valence-corrected chi connectivity index (χ0v) is 32.2. The Labute approximate surface area is 312 Å². The fraction of sp³-hybridized carbons (Fsp3) is 0.750. The molecule has 6 atom stereocenters. The van der Waals surface area contributed by atoms with Crippen LogP contribution in [0.3, 0.4) is 0 Å². The highest BCUT2D eigenvalue weighted by Gasteiger charge is 2.54. The summed E-state index contributed by atoms with van der Waals surface area (Å²) in [6.07, 6.45) is 19.0. The highest BCUT2D eigenvalue weighted by atomic mass is 31.2. The van der Waals surface area contributed by atoms with Gasteiger partial charge in [-0.05, 0) is 25.5 Å². The predicted octanol–water partition coefficient (Wildman–Crippen LogP) is 5.76. The van der Waals surface area contributed by atoms with Crippen molar-refractivity contribution in [1.82, 2.24) is 29.6 Å². The molecule has 3 aromatic rings. The van der Waals surface area contributed by atoms with Crippen LogP contribution in [0.1, 0.15) is 134 Å².